The van der Waals surface area contributed by atoms with Gasteiger partial charge in [0, 0.05) is 18.4 Å². The molecule has 0 bridgehead atoms. The molecular weight excluding hydrogens is 192 g/mol. The Bertz CT molecular complexity index is 465. The van der Waals surface area contributed by atoms with Crippen molar-refractivity contribution < 1.29 is 5.11 Å². The standard InChI is InChI=1S/C10H14N4O/c1-7-5-9-10(12-8(2)6-15)11-3-4-14(9)13-7/h3-5,8,15H,6H2,1-2H3,(H,11,12)/t8-/m0/s1. The molecule has 15 heavy (non-hydrogen) atoms. The highest BCUT2D eigenvalue weighted by Gasteiger charge is 2.07. The molecule has 0 saturated heterocycles. The molecule has 2 heterocycles. The number of aromatic nitrogens is 3. The number of rotatable bonds is 3. The van der Waals surface area contributed by atoms with E-state index in [2.05, 4.69) is 15.4 Å². The molecule has 0 aliphatic rings. The van der Waals surface area contributed by atoms with E-state index in [0.29, 0.717) is 0 Å². The first kappa shape index (κ1) is 9.92. The maximum absolute atomic E-state index is 8.96. The van der Waals surface area contributed by atoms with Gasteiger partial charge in [0.1, 0.15) is 5.52 Å². The van der Waals surface area contributed by atoms with E-state index in [1.54, 1.807) is 16.9 Å². The molecule has 2 aromatic rings. The third-order valence-corrected chi connectivity index (χ3v) is 2.17. The zero-order chi connectivity index (χ0) is 10.8. The fourth-order valence-corrected chi connectivity index (χ4v) is 1.43. The number of aryl methyl sites for hydroxylation is 1. The van der Waals surface area contributed by atoms with Crippen LogP contribution in [0.4, 0.5) is 5.82 Å². The maximum atomic E-state index is 8.96. The number of hydrogen-bond donors (Lipinski definition) is 2. The Morgan fingerprint density at radius 2 is 2.40 bits per heavy atom. The summed E-state index contributed by atoms with van der Waals surface area (Å²) in [6.07, 6.45) is 3.49. The SMILES string of the molecule is Cc1cc2c(N[C@@H](C)CO)nccn2n1. The van der Waals surface area contributed by atoms with E-state index < -0.39 is 0 Å². The summed E-state index contributed by atoms with van der Waals surface area (Å²) in [6.45, 7) is 3.91. The van der Waals surface area contributed by atoms with Crippen LogP contribution in [-0.4, -0.2) is 32.4 Å². The molecule has 5 heteroatoms. The average Bonchev–Trinajstić information content (AvgIpc) is 2.59. The molecule has 0 unspecified atom stereocenters. The van der Waals surface area contributed by atoms with E-state index >= 15 is 0 Å². The van der Waals surface area contributed by atoms with Crippen LogP contribution in [0.2, 0.25) is 0 Å². The van der Waals surface area contributed by atoms with E-state index in [1.165, 1.54) is 0 Å². The average molecular weight is 206 g/mol. The summed E-state index contributed by atoms with van der Waals surface area (Å²) in [7, 11) is 0. The van der Waals surface area contributed by atoms with Crippen molar-refractivity contribution in [2.24, 2.45) is 0 Å². The number of hydrogen-bond acceptors (Lipinski definition) is 4. The number of nitrogens with one attached hydrogen (secondary N) is 1. The van der Waals surface area contributed by atoms with Crippen LogP contribution in [0.5, 0.6) is 0 Å². The van der Waals surface area contributed by atoms with Gasteiger partial charge in [-0.2, -0.15) is 5.10 Å². The molecule has 0 fully saturated rings. The lowest BCUT2D eigenvalue weighted by molar-refractivity contribution is 0.281. The second kappa shape index (κ2) is 3.86. The van der Waals surface area contributed by atoms with Crippen LogP contribution in [0.15, 0.2) is 18.5 Å². The molecule has 0 spiro atoms. The topological polar surface area (TPSA) is 62.5 Å². The van der Waals surface area contributed by atoms with Crippen molar-refractivity contribution in [1.29, 1.82) is 0 Å². The summed E-state index contributed by atoms with van der Waals surface area (Å²) in [5.74, 6) is 0.750. The summed E-state index contributed by atoms with van der Waals surface area (Å²) < 4.78 is 1.77. The predicted molar refractivity (Wildman–Crippen MR) is 57.9 cm³/mol. The molecule has 0 amide bonds. The van der Waals surface area contributed by atoms with Crippen LogP contribution in [-0.2, 0) is 0 Å². The normalized spacial score (nSPS) is 13.0. The van der Waals surface area contributed by atoms with E-state index in [0.717, 1.165) is 17.0 Å². The number of fused-ring (bicyclic) bond motifs is 1. The molecule has 2 rings (SSSR count). The third kappa shape index (κ3) is 1.92. The van der Waals surface area contributed by atoms with Gasteiger partial charge in [0.05, 0.1) is 12.3 Å². The van der Waals surface area contributed by atoms with Gasteiger partial charge in [-0.1, -0.05) is 0 Å². The number of aliphatic hydroxyl groups is 1. The number of nitrogens with zero attached hydrogens (tertiary/aromatic N) is 3. The van der Waals surface area contributed by atoms with Crippen molar-refractivity contribution in [3.63, 3.8) is 0 Å². The van der Waals surface area contributed by atoms with Crippen molar-refractivity contribution in [3.05, 3.63) is 24.2 Å². The molecule has 5 nitrogen and oxygen atoms in total. The summed E-state index contributed by atoms with van der Waals surface area (Å²) >= 11 is 0. The van der Waals surface area contributed by atoms with Crippen LogP contribution in [0.1, 0.15) is 12.6 Å². The fourth-order valence-electron chi connectivity index (χ4n) is 1.43. The van der Waals surface area contributed by atoms with Gasteiger partial charge >= 0.3 is 0 Å². The predicted octanol–water partition coefficient (Wildman–Crippen LogP) is 0.830. The lowest BCUT2D eigenvalue weighted by Gasteiger charge is -2.11. The molecule has 1 atom stereocenters. The smallest absolute Gasteiger partial charge is 0.152 e. The second-order valence-corrected chi connectivity index (χ2v) is 3.62. The van der Waals surface area contributed by atoms with Crippen LogP contribution < -0.4 is 5.32 Å². The lowest BCUT2D eigenvalue weighted by Crippen LogP contribution is -2.20. The minimum absolute atomic E-state index is 0.0149. The van der Waals surface area contributed by atoms with E-state index in [-0.39, 0.29) is 12.6 Å². The van der Waals surface area contributed by atoms with Gasteiger partial charge in [0.2, 0.25) is 0 Å². The van der Waals surface area contributed by atoms with Gasteiger partial charge in [0.15, 0.2) is 5.82 Å². The minimum atomic E-state index is -0.0149. The molecule has 2 N–H and O–H groups in total. The van der Waals surface area contributed by atoms with Crippen molar-refractivity contribution in [2.75, 3.05) is 11.9 Å². The Labute approximate surface area is 87.8 Å². The van der Waals surface area contributed by atoms with Crippen molar-refractivity contribution in [3.8, 4) is 0 Å². The van der Waals surface area contributed by atoms with Gasteiger partial charge < -0.3 is 10.4 Å². The van der Waals surface area contributed by atoms with Crippen molar-refractivity contribution in [2.45, 2.75) is 19.9 Å². The Balaban J connectivity index is 2.41. The molecule has 0 aliphatic carbocycles. The van der Waals surface area contributed by atoms with Crippen LogP contribution >= 0.6 is 0 Å². The molecule has 0 aliphatic heterocycles. The highest BCUT2D eigenvalue weighted by atomic mass is 16.3. The third-order valence-electron chi connectivity index (χ3n) is 2.17. The molecule has 0 radical (unpaired) electrons. The van der Waals surface area contributed by atoms with Gasteiger partial charge in [0.25, 0.3) is 0 Å². The fraction of sp³-hybridized carbons (Fsp3) is 0.400. The quantitative estimate of drug-likeness (QED) is 0.780. The summed E-state index contributed by atoms with van der Waals surface area (Å²) in [5, 5.41) is 16.4. The zero-order valence-corrected chi connectivity index (χ0v) is 8.81. The van der Waals surface area contributed by atoms with Crippen LogP contribution in [0.25, 0.3) is 5.52 Å². The summed E-state index contributed by atoms with van der Waals surface area (Å²) in [5.41, 5.74) is 1.87. The maximum Gasteiger partial charge on any atom is 0.152 e. The summed E-state index contributed by atoms with van der Waals surface area (Å²) in [6, 6.07) is 1.94. The Kier molecular flexibility index (Phi) is 2.55. The largest absolute Gasteiger partial charge is 0.394 e. The van der Waals surface area contributed by atoms with E-state index in [1.807, 2.05) is 19.9 Å². The highest BCUT2D eigenvalue weighted by molar-refractivity contribution is 5.67. The van der Waals surface area contributed by atoms with Gasteiger partial charge in [-0.15, -0.1) is 0 Å². The first-order valence-corrected chi connectivity index (χ1v) is 4.89. The van der Waals surface area contributed by atoms with Crippen LogP contribution in [0, 0.1) is 6.92 Å². The Morgan fingerprint density at radius 3 is 3.13 bits per heavy atom. The number of anilines is 1. The lowest BCUT2D eigenvalue weighted by atomic mass is 10.3. The van der Waals surface area contributed by atoms with Crippen molar-refractivity contribution >= 4 is 11.3 Å². The second-order valence-electron chi connectivity index (χ2n) is 3.62. The van der Waals surface area contributed by atoms with Crippen molar-refractivity contribution in [1.82, 2.24) is 14.6 Å². The molecular formula is C10H14N4O. The first-order chi connectivity index (χ1) is 7.20. The van der Waals surface area contributed by atoms with Gasteiger partial charge in [-0.25, -0.2) is 9.50 Å². The molecule has 0 saturated carbocycles. The minimum Gasteiger partial charge on any atom is -0.394 e. The summed E-state index contributed by atoms with van der Waals surface area (Å²) in [4.78, 5) is 4.23. The Hall–Kier alpha value is -1.62. The monoisotopic (exact) mass is 206 g/mol. The molecule has 0 aromatic carbocycles. The van der Waals surface area contributed by atoms with E-state index in [9.17, 15) is 0 Å². The number of aliphatic hydroxyl groups excluding tert-OH is 1. The zero-order valence-electron chi connectivity index (χ0n) is 8.81. The van der Waals surface area contributed by atoms with E-state index in [4.69, 9.17) is 5.11 Å². The molecule has 2 aromatic heterocycles. The van der Waals surface area contributed by atoms with Crippen LogP contribution in [0.3, 0.4) is 0 Å². The first-order valence-electron chi connectivity index (χ1n) is 4.89. The highest BCUT2D eigenvalue weighted by Crippen LogP contribution is 2.15. The van der Waals surface area contributed by atoms with Gasteiger partial charge in [-0.3, -0.25) is 0 Å². The molecule has 80 valence electrons. The Morgan fingerprint density at radius 1 is 1.60 bits per heavy atom. The van der Waals surface area contributed by atoms with Gasteiger partial charge in [-0.05, 0) is 19.9 Å².